The van der Waals surface area contributed by atoms with E-state index in [0.717, 1.165) is 24.1 Å². The van der Waals surface area contributed by atoms with Gasteiger partial charge in [-0.05, 0) is 30.5 Å². The van der Waals surface area contributed by atoms with Crippen molar-refractivity contribution in [3.05, 3.63) is 29.6 Å². The number of hydrogen-bond donors (Lipinski definition) is 1. The molecular formula is C12H17FN2O. The predicted octanol–water partition coefficient (Wildman–Crippen LogP) is 1.81. The average Bonchev–Trinajstić information content (AvgIpc) is 2.99. The van der Waals surface area contributed by atoms with Crippen molar-refractivity contribution in [2.75, 3.05) is 25.6 Å². The van der Waals surface area contributed by atoms with Gasteiger partial charge in [0.25, 0.3) is 0 Å². The van der Waals surface area contributed by atoms with Gasteiger partial charge < -0.3 is 9.74 Å². The molecule has 2 rings (SSSR count). The van der Waals surface area contributed by atoms with Crippen molar-refractivity contribution in [1.82, 2.24) is 0 Å². The highest BCUT2D eigenvalue weighted by Gasteiger charge is 2.46. The Hall–Kier alpha value is -1.13. The average molecular weight is 224 g/mol. The zero-order valence-electron chi connectivity index (χ0n) is 9.66. The molecule has 0 radical (unpaired) electrons. The molecule has 0 aliphatic heterocycles. The topological polar surface area (TPSA) is 38.5 Å². The van der Waals surface area contributed by atoms with Crippen LogP contribution in [0.3, 0.4) is 0 Å². The maximum atomic E-state index is 13.2. The third-order valence-corrected chi connectivity index (χ3v) is 3.23. The number of benzene rings is 1. The molecule has 88 valence electrons. The molecule has 1 saturated carbocycles. The Bertz CT molecular complexity index is 389. The number of hydrogen-bond acceptors (Lipinski definition) is 3. The number of anilines is 1. The Morgan fingerprint density at radius 3 is 2.62 bits per heavy atom. The van der Waals surface area contributed by atoms with Crippen molar-refractivity contribution < 1.29 is 9.23 Å². The van der Waals surface area contributed by atoms with Crippen LogP contribution in [0.1, 0.15) is 18.4 Å². The van der Waals surface area contributed by atoms with Gasteiger partial charge in [0.15, 0.2) is 0 Å². The van der Waals surface area contributed by atoms with Crippen LogP contribution in [0.4, 0.5) is 10.1 Å². The largest absolute Gasteiger partial charge is 0.377 e. The van der Waals surface area contributed by atoms with E-state index in [4.69, 9.17) is 10.7 Å². The summed E-state index contributed by atoms with van der Waals surface area (Å²) in [5.41, 5.74) is 2.04. The second-order valence-electron chi connectivity index (χ2n) is 4.65. The highest BCUT2D eigenvalue weighted by Crippen LogP contribution is 2.51. The number of halogens is 1. The summed E-state index contributed by atoms with van der Waals surface area (Å²) in [5, 5.41) is 0. The van der Waals surface area contributed by atoms with E-state index >= 15 is 0 Å². The van der Waals surface area contributed by atoms with Gasteiger partial charge in [-0.3, -0.25) is 0 Å². The van der Waals surface area contributed by atoms with Gasteiger partial charge in [-0.1, -0.05) is 6.07 Å². The zero-order valence-corrected chi connectivity index (χ0v) is 9.66. The molecule has 0 heterocycles. The minimum absolute atomic E-state index is 0.00204. The van der Waals surface area contributed by atoms with Crippen molar-refractivity contribution >= 4 is 5.69 Å². The Morgan fingerprint density at radius 2 is 2.12 bits per heavy atom. The Labute approximate surface area is 94.9 Å². The summed E-state index contributed by atoms with van der Waals surface area (Å²) in [7, 11) is 3.83. The second-order valence-corrected chi connectivity index (χ2v) is 4.65. The van der Waals surface area contributed by atoms with E-state index in [2.05, 4.69) is 0 Å². The number of nitrogens with zero attached hydrogens (tertiary/aromatic N) is 1. The van der Waals surface area contributed by atoms with Crippen LogP contribution >= 0.6 is 0 Å². The molecule has 0 atom stereocenters. The summed E-state index contributed by atoms with van der Waals surface area (Å²) in [6.45, 7) is 0.499. The molecule has 0 aromatic heterocycles. The molecule has 0 amide bonds. The summed E-state index contributed by atoms with van der Waals surface area (Å²) in [5.74, 6) is 4.95. The summed E-state index contributed by atoms with van der Waals surface area (Å²) in [4.78, 5) is 6.70. The van der Waals surface area contributed by atoms with Gasteiger partial charge >= 0.3 is 0 Å². The summed E-state index contributed by atoms with van der Waals surface area (Å²) < 4.78 is 13.2. The first kappa shape index (κ1) is 11.4. The fourth-order valence-corrected chi connectivity index (χ4v) is 2.13. The lowest BCUT2D eigenvalue weighted by Crippen LogP contribution is -2.22. The van der Waals surface area contributed by atoms with Crippen LogP contribution < -0.4 is 10.8 Å². The van der Waals surface area contributed by atoms with Gasteiger partial charge in [-0.15, -0.1) is 0 Å². The molecule has 1 aromatic rings. The van der Waals surface area contributed by atoms with E-state index in [1.807, 2.05) is 25.1 Å². The number of rotatable bonds is 4. The van der Waals surface area contributed by atoms with E-state index in [0.29, 0.717) is 6.61 Å². The van der Waals surface area contributed by atoms with Crippen molar-refractivity contribution in [3.8, 4) is 0 Å². The smallest absolute Gasteiger partial charge is 0.125 e. The monoisotopic (exact) mass is 224 g/mol. The van der Waals surface area contributed by atoms with E-state index in [9.17, 15) is 4.39 Å². The first-order chi connectivity index (χ1) is 7.59. The molecule has 3 nitrogen and oxygen atoms in total. The molecule has 0 saturated heterocycles. The first-order valence-corrected chi connectivity index (χ1v) is 5.38. The maximum Gasteiger partial charge on any atom is 0.125 e. The van der Waals surface area contributed by atoms with Gasteiger partial charge in [-0.2, -0.15) is 0 Å². The lowest BCUT2D eigenvalue weighted by Gasteiger charge is -2.23. The summed E-state index contributed by atoms with van der Waals surface area (Å²) in [6.07, 6.45) is 2.10. The highest BCUT2D eigenvalue weighted by molar-refractivity contribution is 5.58. The van der Waals surface area contributed by atoms with Crippen LogP contribution in [0.5, 0.6) is 0 Å². The molecule has 4 heteroatoms. The molecule has 16 heavy (non-hydrogen) atoms. The molecule has 1 aliphatic carbocycles. The van der Waals surface area contributed by atoms with Gasteiger partial charge in [0.1, 0.15) is 5.82 Å². The predicted molar refractivity (Wildman–Crippen MR) is 61.8 cm³/mol. The Morgan fingerprint density at radius 1 is 1.44 bits per heavy atom. The van der Waals surface area contributed by atoms with E-state index in [1.165, 1.54) is 6.07 Å². The third kappa shape index (κ3) is 1.90. The van der Waals surface area contributed by atoms with Gasteiger partial charge in [0, 0.05) is 25.2 Å². The molecule has 1 aliphatic rings. The van der Waals surface area contributed by atoms with Crippen LogP contribution in [0.15, 0.2) is 18.2 Å². The van der Waals surface area contributed by atoms with E-state index in [1.54, 1.807) is 6.07 Å². The lowest BCUT2D eigenvalue weighted by molar-refractivity contribution is 0.116. The van der Waals surface area contributed by atoms with Crippen molar-refractivity contribution in [3.63, 3.8) is 0 Å². The van der Waals surface area contributed by atoms with Crippen LogP contribution in [0.25, 0.3) is 0 Å². The maximum absolute atomic E-state index is 13.2. The normalized spacial score (nSPS) is 17.2. The molecule has 0 spiro atoms. The standard InChI is InChI=1S/C12H17FN2O/c1-15(2)11-7-9(13)3-4-10(11)12(5-6-12)8-16-14/h3-4,7H,5-6,8,14H2,1-2H3. The van der Waals surface area contributed by atoms with Crippen molar-refractivity contribution in [1.29, 1.82) is 0 Å². The van der Waals surface area contributed by atoms with Crippen molar-refractivity contribution in [2.45, 2.75) is 18.3 Å². The molecule has 0 unspecified atom stereocenters. The second kappa shape index (κ2) is 4.03. The molecule has 1 fully saturated rings. The van der Waals surface area contributed by atoms with Crippen molar-refractivity contribution in [2.24, 2.45) is 5.90 Å². The van der Waals surface area contributed by atoms with E-state index in [-0.39, 0.29) is 11.2 Å². The van der Waals surface area contributed by atoms with Crippen LogP contribution in [-0.4, -0.2) is 20.7 Å². The molecule has 1 aromatic carbocycles. The fraction of sp³-hybridized carbons (Fsp3) is 0.500. The van der Waals surface area contributed by atoms with Gasteiger partial charge in [0.05, 0.1) is 6.61 Å². The SMILES string of the molecule is CN(C)c1cc(F)ccc1C1(CON)CC1. The minimum atomic E-state index is -0.211. The molecule has 2 N–H and O–H groups in total. The minimum Gasteiger partial charge on any atom is -0.377 e. The Kier molecular flexibility index (Phi) is 2.86. The highest BCUT2D eigenvalue weighted by atomic mass is 19.1. The quantitative estimate of drug-likeness (QED) is 0.793. The number of nitrogens with two attached hydrogens (primary N) is 1. The van der Waals surface area contributed by atoms with Crippen LogP contribution in [-0.2, 0) is 10.3 Å². The molecule has 0 bridgehead atoms. The fourth-order valence-electron chi connectivity index (χ4n) is 2.13. The van der Waals surface area contributed by atoms with Gasteiger partial charge in [-0.25, -0.2) is 10.3 Å². The van der Waals surface area contributed by atoms with Gasteiger partial charge in [0.2, 0.25) is 0 Å². The van der Waals surface area contributed by atoms with Crippen LogP contribution in [0, 0.1) is 5.82 Å². The van der Waals surface area contributed by atoms with E-state index < -0.39 is 0 Å². The molecular weight excluding hydrogens is 207 g/mol. The zero-order chi connectivity index (χ0) is 11.8. The third-order valence-electron chi connectivity index (χ3n) is 3.23. The van der Waals surface area contributed by atoms with Crippen LogP contribution in [0.2, 0.25) is 0 Å². The first-order valence-electron chi connectivity index (χ1n) is 5.38. The summed E-state index contributed by atoms with van der Waals surface area (Å²) >= 11 is 0. The lowest BCUT2D eigenvalue weighted by atomic mass is 9.94. The summed E-state index contributed by atoms with van der Waals surface area (Å²) in [6, 6.07) is 4.90. The Balaban J connectivity index is 2.40.